The van der Waals surface area contributed by atoms with Crippen LogP contribution in [0.15, 0.2) is 54.9 Å². The van der Waals surface area contributed by atoms with Gasteiger partial charge in [0.2, 0.25) is 0 Å². The second-order valence-electron chi connectivity index (χ2n) is 4.25. The number of carboxylic acid groups (broad SMARTS) is 1. The number of benzene rings is 2. The molecule has 0 spiro atoms. The molecular weight excluding hydrogens is 290 g/mol. The fourth-order valence-electron chi connectivity index (χ4n) is 1.94. The lowest BCUT2D eigenvalue weighted by Gasteiger charge is -2.08. The molecule has 6 heteroatoms. The first-order valence-electron chi connectivity index (χ1n) is 6.04. The van der Waals surface area contributed by atoms with E-state index in [0.29, 0.717) is 5.82 Å². The van der Waals surface area contributed by atoms with Crippen LogP contribution in [0.4, 0.5) is 11.5 Å². The summed E-state index contributed by atoms with van der Waals surface area (Å²) in [5.41, 5.74) is 1.88. The van der Waals surface area contributed by atoms with Crippen LogP contribution in [0.3, 0.4) is 0 Å². The van der Waals surface area contributed by atoms with E-state index >= 15 is 0 Å². The highest BCUT2D eigenvalue weighted by atomic mass is 35.5. The molecule has 0 fully saturated rings. The van der Waals surface area contributed by atoms with Crippen LogP contribution in [0.5, 0.6) is 0 Å². The topological polar surface area (TPSA) is 75.1 Å². The van der Waals surface area contributed by atoms with Gasteiger partial charge in [-0.1, -0.05) is 12.1 Å². The van der Waals surface area contributed by atoms with Crippen molar-refractivity contribution < 1.29 is 9.90 Å². The summed E-state index contributed by atoms with van der Waals surface area (Å²) in [6.45, 7) is 0. The molecule has 2 aromatic carbocycles. The Morgan fingerprint density at radius 1 is 1.00 bits per heavy atom. The SMILES string of the molecule is Cl.O=C(O)c1ccc(Nc2ncnc3ccccc23)cc1. The Kier molecular flexibility index (Phi) is 4.35. The monoisotopic (exact) mass is 301 g/mol. The smallest absolute Gasteiger partial charge is 0.335 e. The van der Waals surface area contributed by atoms with Crippen molar-refractivity contribution in [1.82, 2.24) is 9.97 Å². The molecule has 1 heterocycles. The van der Waals surface area contributed by atoms with E-state index in [1.807, 2.05) is 24.3 Å². The number of hydrogen-bond acceptors (Lipinski definition) is 4. The van der Waals surface area contributed by atoms with Crippen molar-refractivity contribution in [2.24, 2.45) is 0 Å². The highest BCUT2D eigenvalue weighted by molar-refractivity contribution is 5.91. The molecule has 0 aliphatic carbocycles. The van der Waals surface area contributed by atoms with E-state index < -0.39 is 5.97 Å². The van der Waals surface area contributed by atoms with Gasteiger partial charge in [-0.2, -0.15) is 0 Å². The second kappa shape index (κ2) is 6.19. The van der Waals surface area contributed by atoms with Gasteiger partial charge in [0.15, 0.2) is 0 Å². The number of hydrogen-bond donors (Lipinski definition) is 2. The fraction of sp³-hybridized carbons (Fsp3) is 0. The van der Waals surface area contributed by atoms with Gasteiger partial charge in [-0.05, 0) is 36.4 Å². The number of para-hydroxylation sites is 1. The number of halogens is 1. The van der Waals surface area contributed by atoms with Gasteiger partial charge in [0.25, 0.3) is 0 Å². The lowest BCUT2D eigenvalue weighted by atomic mass is 10.2. The van der Waals surface area contributed by atoms with Crippen molar-refractivity contribution in [3.63, 3.8) is 0 Å². The molecule has 21 heavy (non-hydrogen) atoms. The Morgan fingerprint density at radius 3 is 2.43 bits per heavy atom. The average molecular weight is 302 g/mol. The van der Waals surface area contributed by atoms with Crippen LogP contribution in [0.1, 0.15) is 10.4 Å². The molecule has 0 bridgehead atoms. The normalized spacial score (nSPS) is 9.90. The van der Waals surface area contributed by atoms with E-state index in [1.165, 1.54) is 6.33 Å². The van der Waals surface area contributed by atoms with Gasteiger partial charge < -0.3 is 10.4 Å². The van der Waals surface area contributed by atoms with Crippen molar-refractivity contribution in [1.29, 1.82) is 0 Å². The molecule has 0 aliphatic rings. The van der Waals surface area contributed by atoms with Gasteiger partial charge in [0.05, 0.1) is 11.1 Å². The molecule has 2 N–H and O–H groups in total. The van der Waals surface area contributed by atoms with Gasteiger partial charge in [-0.15, -0.1) is 12.4 Å². The Hall–Kier alpha value is -2.66. The summed E-state index contributed by atoms with van der Waals surface area (Å²) in [4.78, 5) is 19.2. The van der Waals surface area contributed by atoms with Crippen LogP contribution in [0.25, 0.3) is 10.9 Å². The predicted molar refractivity (Wildman–Crippen MR) is 83.5 cm³/mol. The highest BCUT2D eigenvalue weighted by Gasteiger charge is 2.05. The molecule has 1 aromatic heterocycles. The van der Waals surface area contributed by atoms with Gasteiger partial charge in [-0.3, -0.25) is 0 Å². The Bertz CT molecular complexity index is 770. The van der Waals surface area contributed by atoms with Crippen molar-refractivity contribution >= 4 is 40.8 Å². The van der Waals surface area contributed by atoms with Crippen LogP contribution in [0.2, 0.25) is 0 Å². The van der Waals surface area contributed by atoms with Crippen LogP contribution in [-0.4, -0.2) is 21.0 Å². The summed E-state index contributed by atoms with van der Waals surface area (Å²) >= 11 is 0. The Balaban J connectivity index is 0.00000161. The van der Waals surface area contributed by atoms with Crippen molar-refractivity contribution in [2.75, 3.05) is 5.32 Å². The molecule has 0 saturated heterocycles. The quantitative estimate of drug-likeness (QED) is 0.774. The zero-order chi connectivity index (χ0) is 13.9. The van der Waals surface area contributed by atoms with Crippen LogP contribution in [-0.2, 0) is 0 Å². The van der Waals surface area contributed by atoms with E-state index in [4.69, 9.17) is 5.11 Å². The Labute approximate surface area is 127 Å². The van der Waals surface area contributed by atoms with Gasteiger partial charge in [0, 0.05) is 11.1 Å². The summed E-state index contributed by atoms with van der Waals surface area (Å²) in [7, 11) is 0. The standard InChI is InChI=1S/C15H11N3O2.ClH/c19-15(20)10-5-7-11(8-6-10)18-14-12-3-1-2-4-13(12)16-9-17-14;/h1-9H,(H,19,20)(H,16,17,18);1H. The van der Waals surface area contributed by atoms with E-state index in [9.17, 15) is 4.79 Å². The van der Waals surface area contributed by atoms with E-state index in [0.717, 1.165) is 16.6 Å². The maximum Gasteiger partial charge on any atom is 0.335 e. The molecule has 0 unspecified atom stereocenters. The van der Waals surface area contributed by atoms with Crippen molar-refractivity contribution in [3.05, 3.63) is 60.4 Å². The minimum atomic E-state index is -0.941. The first-order valence-corrected chi connectivity index (χ1v) is 6.04. The van der Waals surface area contributed by atoms with Gasteiger partial charge in [-0.25, -0.2) is 14.8 Å². The number of aromatic carboxylic acids is 1. The van der Waals surface area contributed by atoms with Gasteiger partial charge >= 0.3 is 5.97 Å². The summed E-state index contributed by atoms with van der Waals surface area (Å²) in [6, 6.07) is 14.2. The number of aromatic nitrogens is 2. The summed E-state index contributed by atoms with van der Waals surface area (Å²) in [6.07, 6.45) is 1.50. The summed E-state index contributed by atoms with van der Waals surface area (Å²) < 4.78 is 0. The van der Waals surface area contributed by atoms with Crippen LogP contribution >= 0.6 is 12.4 Å². The minimum absolute atomic E-state index is 0. The third kappa shape index (κ3) is 3.09. The predicted octanol–water partition coefficient (Wildman–Crippen LogP) is 3.49. The Morgan fingerprint density at radius 2 is 1.71 bits per heavy atom. The fourth-order valence-corrected chi connectivity index (χ4v) is 1.94. The lowest BCUT2D eigenvalue weighted by Crippen LogP contribution is -1.98. The summed E-state index contributed by atoms with van der Waals surface area (Å²) in [5, 5.41) is 12.9. The number of rotatable bonds is 3. The number of nitrogens with zero attached hydrogens (tertiary/aromatic N) is 2. The van der Waals surface area contributed by atoms with Crippen LogP contribution in [0, 0.1) is 0 Å². The third-order valence-corrected chi connectivity index (χ3v) is 2.94. The minimum Gasteiger partial charge on any atom is -0.478 e. The molecule has 0 saturated carbocycles. The first-order chi connectivity index (χ1) is 9.74. The van der Waals surface area contributed by atoms with Crippen molar-refractivity contribution in [2.45, 2.75) is 0 Å². The van der Waals surface area contributed by atoms with Crippen LogP contribution < -0.4 is 5.32 Å². The van der Waals surface area contributed by atoms with E-state index in [1.54, 1.807) is 24.3 Å². The average Bonchev–Trinajstić information content (AvgIpc) is 2.48. The van der Waals surface area contributed by atoms with Crippen molar-refractivity contribution in [3.8, 4) is 0 Å². The lowest BCUT2D eigenvalue weighted by molar-refractivity contribution is 0.0697. The molecule has 0 atom stereocenters. The number of fused-ring (bicyclic) bond motifs is 1. The van der Waals surface area contributed by atoms with E-state index in [2.05, 4.69) is 15.3 Å². The molecule has 3 rings (SSSR count). The molecule has 3 aromatic rings. The highest BCUT2D eigenvalue weighted by Crippen LogP contribution is 2.22. The zero-order valence-corrected chi connectivity index (χ0v) is 11.7. The first kappa shape index (κ1) is 14.7. The number of anilines is 2. The molecule has 5 nitrogen and oxygen atoms in total. The molecule has 0 aliphatic heterocycles. The number of nitrogens with one attached hydrogen (secondary N) is 1. The second-order valence-corrected chi connectivity index (χ2v) is 4.25. The zero-order valence-electron chi connectivity index (χ0n) is 10.9. The maximum absolute atomic E-state index is 10.8. The maximum atomic E-state index is 10.8. The molecular formula is C15H12ClN3O2. The van der Waals surface area contributed by atoms with E-state index in [-0.39, 0.29) is 18.0 Å². The molecule has 0 amide bonds. The largest absolute Gasteiger partial charge is 0.478 e. The number of carbonyl (C=O) groups is 1. The number of carboxylic acids is 1. The molecule has 0 radical (unpaired) electrons. The van der Waals surface area contributed by atoms with Gasteiger partial charge in [0.1, 0.15) is 12.1 Å². The molecule has 106 valence electrons. The summed E-state index contributed by atoms with van der Waals surface area (Å²) in [5.74, 6) is -0.247. The third-order valence-electron chi connectivity index (χ3n) is 2.94.